The molecule has 3 heteroatoms. The molecule has 0 amide bonds. The maximum atomic E-state index is 6.26. The van der Waals surface area contributed by atoms with Gasteiger partial charge in [0.15, 0.2) is 0 Å². The summed E-state index contributed by atoms with van der Waals surface area (Å²) in [6.45, 7) is 2.05. The summed E-state index contributed by atoms with van der Waals surface area (Å²) in [4.78, 5) is 4.48. The van der Waals surface area contributed by atoms with Crippen LogP contribution in [-0.2, 0) is 6.42 Å². The third-order valence-electron chi connectivity index (χ3n) is 3.33. The molecule has 0 saturated heterocycles. The van der Waals surface area contributed by atoms with Crippen molar-refractivity contribution >= 4 is 11.3 Å². The molecule has 1 heterocycles. The van der Waals surface area contributed by atoms with Gasteiger partial charge in [0, 0.05) is 23.5 Å². The van der Waals surface area contributed by atoms with Gasteiger partial charge in [-0.05, 0) is 25.7 Å². The second-order valence-electron chi connectivity index (χ2n) is 4.65. The Morgan fingerprint density at radius 2 is 2.20 bits per heavy atom. The topological polar surface area (TPSA) is 38.9 Å². The van der Waals surface area contributed by atoms with Gasteiger partial charge in [-0.1, -0.05) is 19.3 Å². The van der Waals surface area contributed by atoms with Gasteiger partial charge in [0.25, 0.3) is 0 Å². The maximum Gasteiger partial charge on any atom is 0.0943 e. The fourth-order valence-corrected chi connectivity index (χ4v) is 3.27. The molecule has 1 aromatic rings. The molecule has 0 aromatic carbocycles. The van der Waals surface area contributed by atoms with Gasteiger partial charge in [-0.15, -0.1) is 11.3 Å². The van der Waals surface area contributed by atoms with Gasteiger partial charge in [0.2, 0.25) is 0 Å². The first-order valence-electron chi connectivity index (χ1n) is 5.92. The van der Waals surface area contributed by atoms with Gasteiger partial charge in [-0.3, -0.25) is 0 Å². The van der Waals surface area contributed by atoms with Crippen molar-refractivity contribution in [2.45, 2.75) is 51.5 Å². The lowest BCUT2D eigenvalue weighted by Gasteiger charge is -2.26. The largest absolute Gasteiger partial charge is 0.327 e. The summed E-state index contributed by atoms with van der Waals surface area (Å²) in [5.41, 5.74) is 7.39. The molecule has 84 valence electrons. The quantitative estimate of drug-likeness (QED) is 0.857. The molecule has 0 spiro atoms. The zero-order valence-corrected chi connectivity index (χ0v) is 10.2. The van der Waals surface area contributed by atoms with Crippen LogP contribution in [0.5, 0.6) is 0 Å². The number of nitrogens with zero attached hydrogens (tertiary/aromatic N) is 1. The molecule has 0 radical (unpaired) electrons. The molecule has 0 bridgehead atoms. The van der Waals surface area contributed by atoms with Crippen molar-refractivity contribution in [2.75, 3.05) is 0 Å². The lowest BCUT2D eigenvalue weighted by molar-refractivity contribution is 0.303. The van der Waals surface area contributed by atoms with Crippen molar-refractivity contribution in [2.24, 2.45) is 11.7 Å². The normalized spacial score (nSPS) is 20.4. The van der Waals surface area contributed by atoms with Crippen LogP contribution in [0.2, 0.25) is 0 Å². The summed E-state index contributed by atoms with van der Waals surface area (Å²) in [7, 11) is 0. The van der Waals surface area contributed by atoms with Crippen molar-refractivity contribution in [3.8, 4) is 0 Å². The summed E-state index contributed by atoms with van der Waals surface area (Å²) in [5.74, 6) is 0.739. The predicted molar refractivity (Wildman–Crippen MR) is 65.1 cm³/mol. The molecule has 1 aliphatic carbocycles. The molecule has 1 fully saturated rings. The predicted octanol–water partition coefficient (Wildman–Crippen LogP) is 2.90. The van der Waals surface area contributed by atoms with Gasteiger partial charge in [-0.25, -0.2) is 4.98 Å². The molecule has 1 unspecified atom stereocenters. The molecule has 15 heavy (non-hydrogen) atoms. The first kappa shape index (κ1) is 11.1. The van der Waals surface area contributed by atoms with E-state index in [1.54, 1.807) is 11.3 Å². The fraction of sp³-hybridized carbons (Fsp3) is 0.750. The van der Waals surface area contributed by atoms with Gasteiger partial charge in [0.05, 0.1) is 5.01 Å². The smallest absolute Gasteiger partial charge is 0.0943 e. The average molecular weight is 224 g/mol. The third kappa shape index (κ3) is 3.02. The highest BCUT2D eigenvalue weighted by molar-refractivity contribution is 7.09. The average Bonchev–Trinajstić information content (AvgIpc) is 2.65. The number of hydrogen-bond acceptors (Lipinski definition) is 3. The second-order valence-corrected chi connectivity index (χ2v) is 5.59. The number of hydrogen-bond donors (Lipinski definition) is 1. The van der Waals surface area contributed by atoms with E-state index in [1.807, 2.05) is 6.92 Å². The van der Waals surface area contributed by atoms with Gasteiger partial charge >= 0.3 is 0 Å². The molecular formula is C12H20N2S. The van der Waals surface area contributed by atoms with E-state index in [1.165, 1.54) is 37.1 Å². The zero-order valence-electron chi connectivity index (χ0n) is 9.41. The van der Waals surface area contributed by atoms with Crippen molar-refractivity contribution in [1.82, 2.24) is 4.98 Å². The Kier molecular flexibility index (Phi) is 3.76. The molecule has 1 aliphatic rings. The summed E-state index contributed by atoms with van der Waals surface area (Å²) < 4.78 is 0. The van der Waals surface area contributed by atoms with Crippen molar-refractivity contribution in [3.63, 3.8) is 0 Å². The van der Waals surface area contributed by atoms with Crippen molar-refractivity contribution < 1.29 is 0 Å². The molecular weight excluding hydrogens is 204 g/mol. The number of aromatic nitrogens is 1. The minimum absolute atomic E-state index is 0.329. The standard InChI is InChI=1S/C12H20N2S/c1-9-8-15-12(14-9)7-11(13)10-5-3-2-4-6-10/h8,10-11H,2-7,13H2,1H3. The monoisotopic (exact) mass is 224 g/mol. The Hall–Kier alpha value is -0.410. The van der Waals surface area contributed by atoms with Crippen LogP contribution >= 0.6 is 11.3 Å². The first-order chi connectivity index (χ1) is 7.25. The Balaban J connectivity index is 1.88. The number of nitrogens with two attached hydrogens (primary N) is 1. The highest BCUT2D eigenvalue weighted by Crippen LogP contribution is 2.27. The summed E-state index contributed by atoms with van der Waals surface area (Å²) in [5, 5.41) is 3.33. The van der Waals surface area contributed by atoms with Crippen molar-refractivity contribution in [3.05, 3.63) is 16.1 Å². The van der Waals surface area contributed by atoms with Crippen LogP contribution < -0.4 is 5.73 Å². The van der Waals surface area contributed by atoms with Crippen LogP contribution in [0.15, 0.2) is 5.38 Å². The Bertz CT molecular complexity index is 302. The lowest BCUT2D eigenvalue weighted by Crippen LogP contribution is -2.33. The van der Waals surface area contributed by atoms with Crippen LogP contribution in [0, 0.1) is 12.8 Å². The minimum atomic E-state index is 0.329. The van der Waals surface area contributed by atoms with E-state index < -0.39 is 0 Å². The summed E-state index contributed by atoms with van der Waals surface area (Å²) in [6.07, 6.45) is 7.77. The third-order valence-corrected chi connectivity index (χ3v) is 4.32. The fourth-order valence-electron chi connectivity index (χ4n) is 2.43. The van der Waals surface area contributed by atoms with E-state index in [-0.39, 0.29) is 0 Å². The molecule has 1 atom stereocenters. The molecule has 2 nitrogen and oxygen atoms in total. The van der Waals surface area contributed by atoms with E-state index in [2.05, 4.69) is 10.4 Å². The van der Waals surface area contributed by atoms with Crippen LogP contribution in [0.25, 0.3) is 0 Å². The molecule has 1 saturated carbocycles. The number of rotatable bonds is 3. The molecule has 2 rings (SSSR count). The number of thiazole rings is 1. The van der Waals surface area contributed by atoms with Crippen LogP contribution in [-0.4, -0.2) is 11.0 Å². The van der Waals surface area contributed by atoms with E-state index in [9.17, 15) is 0 Å². The molecule has 1 aromatic heterocycles. The van der Waals surface area contributed by atoms with Crippen LogP contribution in [0.3, 0.4) is 0 Å². The summed E-state index contributed by atoms with van der Waals surface area (Å²) in [6, 6.07) is 0.329. The van der Waals surface area contributed by atoms with E-state index in [0.717, 1.165) is 18.0 Å². The number of aryl methyl sites for hydroxylation is 1. The lowest BCUT2D eigenvalue weighted by atomic mass is 9.83. The first-order valence-corrected chi connectivity index (χ1v) is 6.80. The maximum absolute atomic E-state index is 6.26. The van der Waals surface area contributed by atoms with E-state index in [4.69, 9.17) is 5.73 Å². The highest BCUT2D eigenvalue weighted by atomic mass is 32.1. The molecule has 2 N–H and O–H groups in total. The zero-order chi connectivity index (χ0) is 10.7. The Morgan fingerprint density at radius 1 is 1.47 bits per heavy atom. The highest BCUT2D eigenvalue weighted by Gasteiger charge is 2.21. The van der Waals surface area contributed by atoms with Gasteiger partial charge in [-0.2, -0.15) is 0 Å². The Labute approximate surface area is 95.9 Å². The summed E-state index contributed by atoms with van der Waals surface area (Å²) >= 11 is 1.75. The second kappa shape index (κ2) is 5.08. The van der Waals surface area contributed by atoms with Gasteiger partial charge < -0.3 is 5.73 Å². The minimum Gasteiger partial charge on any atom is -0.327 e. The Morgan fingerprint density at radius 3 is 2.80 bits per heavy atom. The molecule has 0 aliphatic heterocycles. The van der Waals surface area contributed by atoms with E-state index in [0.29, 0.717) is 6.04 Å². The SMILES string of the molecule is Cc1csc(CC(N)C2CCCCC2)n1. The van der Waals surface area contributed by atoms with Gasteiger partial charge in [0.1, 0.15) is 0 Å². The van der Waals surface area contributed by atoms with E-state index >= 15 is 0 Å². The van der Waals surface area contributed by atoms with Crippen LogP contribution in [0.4, 0.5) is 0 Å². The van der Waals surface area contributed by atoms with Crippen molar-refractivity contribution in [1.29, 1.82) is 0 Å². The van der Waals surface area contributed by atoms with Crippen LogP contribution in [0.1, 0.15) is 42.8 Å².